The van der Waals surface area contributed by atoms with Crippen molar-refractivity contribution in [1.29, 1.82) is 0 Å². The summed E-state index contributed by atoms with van der Waals surface area (Å²) < 4.78 is 9.28. The summed E-state index contributed by atoms with van der Waals surface area (Å²) in [5, 5.41) is 0. The Balaban J connectivity index is 2.68. The van der Waals surface area contributed by atoms with E-state index in [9.17, 15) is 19.2 Å². The second-order valence-corrected chi connectivity index (χ2v) is 5.57. The van der Waals surface area contributed by atoms with E-state index in [2.05, 4.69) is 9.47 Å². The number of carbonyl (C=O) groups is 4. The SMILES string of the molecule is COC(=O)C(C)(C/C=C/CC1C(=O)CCCC1=O)C(=O)OC. The number of ketones is 2. The van der Waals surface area contributed by atoms with Gasteiger partial charge in [0.25, 0.3) is 0 Å². The molecule has 122 valence electrons. The molecule has 0 atom stereocenters. The van der Waals surface area contributed by atoms with Crippen molar-refractivity contribution in [1.82, 2.24) is 0 Å². The number of Topliss-reactive ketones (excluding diaryl/α,β-unsaturated/α-hetero) is 2. The van der Waals surface area contributed by atoms with Gasteiger partial charge in [-0.05, 0) is 26.2 Å². The minimum Gasteiger partial charge on any atom is -0.468 e. The maximum absolute atomic E-state index is 11.8. The van der Waals surface area contributed by atoms with Gasteiger partial charge in [0, 0.05) is 12.8 Å². The van der Waals surface area contributed by atoms with Gasteiger partial charge in [-0.25, -0.2) is 0 Å². The van der Waals surface area contributed by atoms with Crippen LogP contribution in [0, 0.1) is 11.3 Å². The molecule has 0 aromatic rings. The summed E-state index contributed by atoms with van der Waals surface area (Å²) in [6.07, 6.45) is 5.16. The predicted octanol–water partition coefficient (Wildman–Crippen LogP) is 1.61. The molecule has 0 amide bonds. The minimum absolute atomic E-state index is 0.0374. The van der Waals surface area contributed by atoms with E-state index in [1.165, 1.54) is 21.1 Å². The van der Waals surface area contributed by atoms with Crippen molar-refractivity contribution in [3.05, 3.63) is 12.2 Å². The van der Waals surface area contributed by atoms with Crippen molar-refractivity contribution in [2.45, 2.75) is 39.0 Å². The van der Waals surface area contributed by atoms with Gasteiger partial charge in [-0.2, -0.15) is 0 Å². The van der Waals surface area contributed by atoms with Gasteiger partial charge in [0.05, 0.1) is 20.1 Å². The van der Waals surface area contributed by atoms with E-state index in [1.54, 1.807) is 12.2 Å². The number of ether oxygens (including phenoxy) is 2. The smallest absolute Gasteiger partial charge is 0.323 e. The molecule has 0 heterocycles. The van der Waals surface area contributed by atoms with E-state index in [4.69, 9.17) is 0 Å². The molecule has 1 aliphatic rings. The van der Waals surface area contributed by atoms with Crippen LogP contribution in [0.2, 0.25) is 0 Å². The van der Waals surface area contributed by atoms with Crippen LogP contribution in [0.1, 0.15) is 39.0 Å². The maximum Gasteiger partial charge on any atom is 0.323 e. The summed E-state index contributed by atoms with van der Waals surface area (Å²) in [4.78, 5) is 46.9. The van der Waals surface area contributed by atoms with Crippen LogP contribution in [0.25, 0.3) is 0 Å². The maximum atomic E-state index is 11.8. The van der Waals surface area contributed by atoms with E-state index in [0.717, 1.165) is 0 Å². The molecule has 6 heteroatoms. The van der Waals surface area contributed by atoms with Gasteiger partial charge in [0.1, 0.15) is 11.6 Å². The molecule has 0 aromatic carbocycles. The van der Waals surface area contributed by atoms with Crippen LogP contribution >= 0.6 is 0 Å². The predicted molar refractivity (Wildman–Crippen MR) is 77.9 cm³/mol. The third-order valence-electron chi connectivity index (χ3n) is 3.96. The largest absolute Gasteiger partial charge is 0.468 e. The fraction of sp³-hybridized carbons (Fsp3) is 0.625. The summed E-state index contributed by atoms with van der Waals surface area (Å²) in [7, 11) is 2.40. The highest BCUT2D eigenvalue weighted by atomic mass is 16.5. The monoisotopic (exact) mass is 310 g/mol. The highest BCUT2D eigenvalue weighted by Gasteiger charge is 2.42. The van der Waals surface area contributed by atoms with Crippen molar-refractivity contribution < 1.29 is 28.7 Å². The van der Waals surface area contributed by atoms with Crippen LogP contribution in [0.4, 0.5) is 0 Å². The number of hydrogen-bond acceptors (Lipinski definition) is 6. The number of hydrogen-bond donors (Lipinski definition) is 0. The molecular formula is C16H22O6. The lowest BCUT2D eigenvalue weighted by molar-refractivity contribution is -0.167. The molecule has 6 nitrogen and oxygen atoms in total. The zero-order chi connectivity index (χ0) is 16.8. The fourth-order valence-electron chi connectivity index (χ4n) is 2.48. The first-order valence-corrected chi connectivity index (χ1v) is 7.24. The molecule has 1 fully saturated rings. The van der Waals surface area contributed by atoms with E-state index in [1.807, 2.05) is 0 Å². The Hall–Kier alpha value is -1.98. The van der Waals surface area contributed by atoms with E-state index in [0.29, 0.717) is 25.7 Å². The molecule has 0 spiro atoms. The standard InChI is InChI=1S/C16H22O6/c1-16(14(19)21-2,15(20)22-3)10-5-4-7-11-12(17)8-6-9-13(11)18/h4-5,11H,6-10H2,1-3H3/b5-4+. The lowest BCUT2D eigenvalue weighted by atomic mass is 9.83. The molecule has 22 heavy (non-hydrogen) atoms. The summed E-state index contributed by atoms with van der Waals surface area (Å²) >= 11 is 0. The summed E-state index contributed by atoms with van der Waals surface area (Å²) in [6.45, 7) is 1.44. The second-order valence-electron chi connectivity index (χ2n) is 5.57. The lowest BCUT2D eigenvalue weighted by Crippen LogP contribution is -2.38. The Labute approximate surface area is 129 Å². The average Bonchev–Trinajstić information content (AvgIpc) is 2.51. The molecular weight excluding hydrogens is 288 g/mol. The van der Waals surface area contributed by atoms with E-state index >= 15 is 0 Å². The van der Waals surface area contributed by atoms with Gasteiger partial charge in [-0.15, -0.1) is 0 Å². The number of carbonyl (C=O) groups excluding carboxylic acids is 4. The van der Waals surface area contributed by atoms with Crippen LogP contribution in [0.15, 0.2) is 12.2 Å². The Morgan fingerprint density at radius 3 is 2.05 bits per heavy atom. The van der Waals surface area contributed by atoms with Crippen LogP contribution in [0.3, 0.4) is 0 Å². The molecule has 1 rings (SSSR count). The topological polar surface area (TPSA) is 86.7 Å². The van der Waals surface area contributed by atoms with Gasteiger partial charge in [0.15, 0.2) is 5.41 Å². The van der Waals surface area contributed by atoms with Crippen LogP contribution in [0.5, 0.6) is 0 Å². The molecule has 0 aliphatic heterocycles. The Bertz CT molecular complexity index is 459. The fourth-order valence-corrected chi connectivity index (χ4v) is 2.48. The van der Waals surface area contributed by atoms with Gasteiger partial charge < -0.3 is 9.47 Å². The number of allylic oxidation sites excluding steroid dienone is 2. The molecule has 0 saturated heterocycles. The molecule has 0 unspecified atom stereocenters. The first-order chi connectivity index (χ1) is 10.4. The zero-order valence-electron chi connectivity index (χ0n) is 13.2. The van der Waals surface area contributed by atoms with Crippen molar-refractivity contribution in [2.24, 2.45) is 11.3 Å². The first kappa shape index (κ1) is 18.1. The van der Waals surface area contributed by atoms with Gasteiger partial charge in [-0.1, -0.05) is 12.2 Å². The van der Waals surface area contributed by atoms with Crippen molar-refractivity contribution in [2.75, 3.05) is 14.2 Å². The Morgan fingerprint density at radius 1 is 1.09 bits per heavy atom. The van der Waals surface area contributed by atoms with Crippen LogP contribution in [-0.2, 0) is 28.7 Å². The van der Waals surface area contributed by atoms with Crippen LogP contribution in [-0.4, -0.2) is 37.7 Å². The van der Waals surface area contributed by atoms with Crippen molar-refractivity contribution in [3.8, 4) is 0 Å². The summed E-state index contributed by atoms with van der Waals surface area (Å²) in [5.74, 6) is -2.04. The third-order valence-corrected chi connectivity index (χ3v) is 3.96. The summed E-state index contributed by atoms with van der Waals surface area (Å²) in [5.41, 5.74) is -1.43. The van der Waals surface area contributed by atoms with Gasteiger partial charge in [-0.3, -0.25) is 19.2 Å². The van der Waals surface area contributed by atoms with Crippen LogP contribution < -0.4 is 0 Å². The normalized spacial score (nSPS) is 16.9. The number of methoxy groups -OCH3 is 2. The first-order valence-electron chi connectivity index (χ1n) is 7.24. The highest BCUT2D eigenvalue weighted by Crippen LogP contribution is 2.26. The van der Waals surface area contributed by atoms with E-state index < -0.39 is 23.3 Å². The Kier molecular flexibility index (Phi) is 6.46. The molecule has 0 N–H and O–H groups in total. The number of rotatable bonds is 6. The van der Waals surface area contributed by atoms with Crippen molar-refractivity contribution in [3.63, 3.8) is 0 Å². The van der Waals surface area contributed by atoms with Crippen molar-refractivity contribution >= 4 is 23.5 Å². The second kappa shape index (κ2) is 7.87. The van der Waals surface area contributed by atoms with Gasteiger partial charge in [0.2, 0.25) is 0 Å². The summed E-state index contributed by atoms with van der Waals surface area (Å²) in [6, 6.07) is 0. The minimum atomic E-state index is -1.43. The van der Waals surface area contributed by atoms with E-state index in [-0.39, 0.29) is 18.0 Å². The molecule has 1 saturated carbocycles. The molecule has 0 radical (unpaired) electrons. The zero-order valence-corrected chi connectivity index (χ0v) is 13.2. The quantitative estimate of drug-likeness (QED) is 0.421. The molecule has 0 aromatic heterocycles. The van der Waals surface area contributed by atoms with Gasteiger partial charge >= 0.3 is 11.9 Å². The average molecular weight is 310 g/mol. The molecule has 0 bridgehead atoms. The third kappa shape index (κ3) is 4.02. The lowest BCUT2D eigenvalue weighted by Gasteiger charge is -2.22. The Morgan fingerprint density at radius 2 is 1.59 bits per heavy atom. The highest BCUT2D eigenvalue weighted by molar-refractivity contribution is 6.04. The number of esters is 2. The molecule has 1 aliphatic carbocycles.